The standard InChI is InChI=1S/C27H30O10/c1-22-10-16(35-17(30)11-22)24(3)27-19(22)20(31)26(34,37-27)18-13(7-8-25(27,33)21(32)36-24)23(2)12(9-14(18)28)5-4-6-15(23)29/h4,6,9,13-14,16,18-19,28,33-34H,5,7-8,10-11H2,1-3H3/t13?,14-,16+,18?,19?,22?,23-,24-,25-,26+,27-/m0/s1. The molecule has 1 spiro atoms. The molecule has 3 N–H and O–H groups in total. The van der Waals surface area contributed by atoms with Gasteiger partial charge >= 0.3 is 11.9 Å². The van der Waals surface area contributed by atoms with Gasteiger partial charge in [-0.15, -0.1) is 0 Å². The van der Waals surface area contributed by atoms with Gasteiger partial charge in [-0.2, -0.15) is 0 Å². The highest BCUT2D eigenvalue weighted by Gasteiger charge is 2.91. The number of aliphatic hydroxyl groups is 3. The van der Waals surface area contributed by atoms with Crippen molar-refractivity contribution in [3.8, 4) is 0 Å². The van der Waals surface area contributed by atoms with E-state index in [1.807, 2.05) is 0 Å². The Bertz CT molecular complexity index is 1270. The summed E-state index contributed by atoms with van der Waals surface area (Å²) in [5.74, 6) is -8.71. The molecule has 4 heterocycles. The lowest BCUT2D eigenvalue weighted by molar-refractivity contribution is -0.348. The molecule has 10 heteroatoms. The summed E-state index contributed by atoms with van der Waals surface area (Å²) in [6.07, 6.45) is 2.53. The maximum absolute atomic E-state index is 14.5. The molecule has 1 saturated carbocycles. The number of hydrogen-bond donors (Lipinski definition) is 3. The number of fused-ring (bicyclic) bond motifs is 9. The highest BCUT2D eigenvalue weighted by Crippen LogP contribution is 2.72. The zero-order valence-corrected chi connectivity index (χ0v) is 20.9. The molecule has 0 aromatic rings. The Morgan fingerprint density at radius 1 is 1.08 bits per heavy atom. The highest BCUT2D eigenvalue weighted by atomic mass is 16.7. The number of esters is 2. The molecule has 0 aromatic carbocycles. The number of Topliss-reactive ketones (excluding diaryl/α,β-unsaturated/α-hetero) is 1. The quantitative estimate of drug-likeness (QED) is 0.303. The summed E-state index contributed by atoms with van der Waals surface area (Å²) < 4.78 is 17.8. The van der Waals surface area contributed by atoms with Crippen LogP contribution in [0.5, 0.6) is 0 Å². The van der Waals surface area contributed by atoms with Crippen molar-refractivity contribution < 1.29 is 48.7 Å². The van der Waals surface area contributed by atoms with E-state index in [-0.39, 0.29) is 31.5 Å². The van der Waals surface area contributed by atoms with Crippen molar-refractivity contribution in [2.45, 2.75) is 87.7 Å². The fourth-order valence-electron chi connectivity index (χ4n) is 9.34. The number of aliphatic hydroxyl groups excluding tert-OH is 1. The van der Waals surface area contributed by atoms with Crippen molar-refractivity contribution in [3.05, 3.63) is 23.8 Å². The van der Waals surface area contributed by atoms with Crippen LogP contribution in [-0.4, -0.2) is 73.6 Å². The maximum atomic E-state index is 14.5. The predicted molar refractivity (Wildman–Crippen MR) is 121 cm³/mol. The van der Waals surface area contributed by atoms with E-state index in [0.29, 0.717) is 12.0 Å². The van der Waals surface area contributed by atoms with E-state index in [2.05, 4.69) is 0 Å². The van der Waals surface area contributed by atoms with Crippen LogP contribution in [0, 0.1) is 28.6 Å². The molecule has 4 aliphatic heterocycles. The van der Waals surface area contributed by atoms with Crippen molar-refractivity contribution in [1.82, 2.24) is 0 Å². The van der Waals surface area contributed by atoms with Crippen LogP contribution >= 0.6 is 0 Å². The zero-order valence-electron chi connectivity index (χ0n) is 20.9. The average molecular weight is 515 g/mol. The van der Waals surface area contributed by atoms with Crippen LogP contribution in [0.25, 0.3) is 0 Å². The predicted octanol–water partition coefficient (Wildman–Crippen LogP) is 0.264. The number of rotatable bonds is 0. The molecule has 4 bridgehead atoms. The Hall–Kier alpha value is -2.40. The fraction of sp³-hybridized carbons (Fsp3) is 0.704. The zero-order chi connectivity index (χ0) is 26.6. The first-order valence-corrected chi connectivity index (χ1v) is 12.9. The van der Waals surface area contributed by atoms with Crippen LogP contribution in [0.15, 0.2) is 23.8 Å². The normalized spacial score (nSPS) is 57.4. The van der Waals surface area contributed by atoms with E-state index in [0.717, 1.165) is 0 Å². The molecule has 3 aliphatic carbocycles. The van der Waals surface area contributed by atoms with Crippen molar-refractivity contribution >= 4 is 23.5 Å². The van der Waals surface area contributed by atoms with Crippen LogP contribution < -0.4 is 0 Å². The third-order valence-corrected chi connectivity index (χ3v) is 11.1. The Morgan fingerprint density at radius 3 is 2.54 bits per heavy atom. The Balaban J connectivity index is 1.51. The number of hydrogen-bond acceptors (Lipinski definition) is 10. The number of carbonyl (C=O) groups excluding carboxylic acids is 4. The van der Waals surface area contributed by atoms with Gasteiger partial charge < -0.3 is 29.5 Å². The minimum Gasteiger partial charge on any atom is -0.458 e. The lowest BCUT2D eigenvalue weighted by Gasteiger charge is -2.60. The Labute approximate surface area is 212 Å². The van der Waals surface area contributed by atoms with Crippen molar-refractivity contribution in [2.24, 2.45) is 28.6 Å². The molecule has 37 heavy (non-hydrogen) atoms. The highest BCUT2D eigenvalue weighted by molar-refractivity contribution is 6.00. The molecule has 0 aromatic heterocycles. The lowest BCUT2D eigenvalue weighted by Crippen LogP contribution is -2.77. The minimum atomic E-state index is -2.66. The van der Waals surface area contributed by atoms with Gasteiger partial charge in [0.15, 0.2) is 28.4 Å². The average Bonchev–Trinajstić information content (AvgIpc) is 3.15. The van der Waals surface area contributed by atoms with Crippen LogP contribution in [0.3, 0.4) is 0 Å². The molecular formula is C27H30O10. The molecule has 4 saturated heterocycles. The molecule has 10 nitrogen and oxygen atoms in total. The van der Waals surface area contributed by atoms with Gasteiger partial charge in [-0.1, -0.05) is 24.6 Å². The van der Waals surface area contributed by atoms with Crippen LogP contribution in [0.4, 0.5) is 0 Å². The number of allylic oxidation sites excluding steroid dienone is 3. The summed E-state index contributed by atoms with van der Waals surface area (Å²) in [6.45, 7) is 4.89. The Kier molecular flexibility index (Phi) is 4.11. The summed E-state index contributed by atoms with van der Waals surface area (Å²) in [7, 11) is 0. The van der Waals surface area contributed by atoms with Gasteiger partial charge in [-0.05, 0) is 56.9 Å². The molecule has 198 valence electrons. The SMILES string of the molecule is CC12CC(=O)O[C@H](C1)[C@]1(C)OC(=O)[C@@]3(O)CCC4C([C@@H](O)C=C5CC=CC(=O)[C@@]54C)[C@@]4(O)O[C@@]13C2C4=O. The number of ketones is 2. The van der Waals surface area contributed by atoms with E-state index < -0.39 is 81.1 Å². The van der Waals surface area contributed by atoms with Gasteiger partial charge in [-0.3, -0.25) is 14.4 Å². The molecule has 0 radical (unpaired) electrons. The van der Waals surface area contributed by atoms with E-state index in [1.165, 1.54) is 19.1 Å². The summed E-state index contributed by atoms with van der Waals surface area (Å²) in [6, 6.07) is 0. The van der Waals surface area contributed by atoms with Gasteiger partial charge in [0, 0.05) is 0 Å². The third-order valence-electron chi connectivity index (χ3n) is 11.1. The first-order chi connectivity index (χ1) is 17.2. The number of carbonyl (C=O) groups is 4. The molecule has 4 unspecified atom stereocenters. The largest absolute Gasteiger partial charge is 0.458 e. The molecule has 11 atom stereocenters. The first-order valence-electron chi connectivity index (χ1n) is 12.9. The second-order valence-corrected chi connectivity index (χ2v) is 12.7. The van der Waals surface area contributed by atoms with E-state index in [1.54, 1.807) is 19.9 Å². The maximum Gasteiger partial charge on any atom is 0.342 e. The van der Waals surface area contributed by atoms with Crippen molar-refractivity contribution in [1.29, 1.82) is 0 Å². The van der Waals surface area contributed by atoms with Gasteiger partial charge in [-0.25, -0.2) is 4.79 Å². The first kappa shape index (κ1) is 23.7. The van der Waals surface area contributed by atoms with E-state index >= 15 is 0 Å². The summed E-state index contributed by atoms with van der Waals surface area (Å²) >= 11 is 0. The Morgan fingerprint density at radius 2 is 1.81 bits per heavy atom. The van der Waals surface area contributed by atoms with Crippen LogP contribution in [0.2, 0.25) is 0 Å². The van der Waals surface area contributed by atoms with Gasteiger partial charge in [0.05, 0.1) is 29.8 Å². The van der Waals surface area contributed by atoms with Gasteiger partial charge in [0.25, 0.3) is 0 Å². The molecular weight excluding hydrogens is 484 g/mol. The van der Waals surface area contributed by atoms with Crippen LogP contribution in [-0.2, 0) is 33.4 Å². The third kappa shape index (κ3) is 2.23. The summed E-state index contributed by atoms with van der Waals surface area (Å²) in [4.78, 5) is 54.0. The second kappa shape index (κ2) is 6.42. The van der Waals surface area contributed by atoms with Crippen molar-refractivity contribution in [2.75, 3.05) is 0 Å². The number of ether oxygens (including phenoxy) is 3. The molecule has 5 fully saturated rings. The molecule has 0 amide bonds. The topological polar surface area (TPSA) is 157 Å². The van der Waals surface area contributed by atoms with E-state index in [9.17, 15) is 34.5 Å². The summed E-state index contributed by atoms with van der Waals surface area (Å²) in [5.41, 5.74) is -7.83. The van der Waals surface area contributed by atoms with E-state index in [4.69, 9.17) is 14.2 Å². The minimum absolute atomic E-state index is 0.0332. The lowest BCUT2D eigenvalue weighted by atomic mass is 9.48. The molecule has 7 aliphatic rings. The van der Waals surface area contributed by atoms with Crippen molar-refractivity contribution in [3.63, 3.8) is 0 Å². The van der Waals surface area contributed by atoms with Gasteiger partial charge in [0.1, 0.15) is 6.10 Å². The van der Waals surface area contributed by atoms with Gasteiger partial charge in [0.2, 0.25) is 5.79 Å². The smallest absolute Gasteiger partial charge is 0.342 e. The fourth-order valence-corrected chi connectivity index (χ4v) is 9.34. The second-order valence-electron chi connectivity index (χ2n) is 12.7. The van der Waals surface area contributed by atoms with Crippen LogP contribution in [0.1, 0.15) is 52.9 Å². The molecule has 7 rings (SSSR count). The monoisotopic (exact) mass is 514 g/mol. The summed E-state index contributed by atoms with van der Waals surface area (Å²) in [5, 5.41) is 35.9.